The van der Waals surface area contributed by atoms with Crippen molar-refractivity contribution in [1.82, 2.24) is 25.2 Å². The predicted octanol–water partition coefficient (Wildman–Crippen LogP) is 1.88. The highest BCUT2D eigenvalue weighted by atomic mass is 16.3. The van der Waals surface area contributed by atoms with Crippen LogP contribution in [0, 0.1) is 0 Å². The van der Waals surface area contributed by atoms with Gasteiger partial charge in [0.25, 0.3) is 0 Å². The lowest BCUT2D eigenvalue weighted by Gasteiger charge is -2.22. The SMILES string of the molecule is CC(C)n1cc(NC(=O)NC[C@@H](c2ccco2)N(C)C)nn1. The average Bonchev–Trinajstić information content (AvgIpc) is 3.09. The van der Waals surface area contributed by atoms with E-state index in [0.717, 1.165) is 5.76 Å². The number of urea groups is 1. The molecule has 0 saturated carbocycles. The molecule has 0 spiro atoms. The lowest BCUT2D eigenvalue weighted by molar-refractivity contribution is 0.233. The van der Waals surface area contributed by atoms with E-state index in [1.807, 2.05) is 45.0 Å². The Kier molecular flexibility index (Phi) is 5.16. The summed E-state index contributed by atoms with van der Waals surface area (Å²) < 4.78 is 7.08. The normalized spacial score (nSPS) is 12.6. The molecule has 8 heteroatoms. The van der Waals surface area contributed by atoms with Gasteiger partial charge in [-0.2, -0.15) is 0 Å². The molecular weight excluding hydrogens is 284 g/mol. The third-order valence-electron chi connectivity index (χ3n) is 3.23. The van der Waals surface area contributed by atoms with Crippen LogP contribution in [0.5, 0.6) is 0 Å². The smallest absolute Gasteiger partial charge is 0.320 e. The van der Waals surface area contributed by atoms with Crippen LogP contribution in [0.25, 0.3) is 0 Å². The summed E-state index contributed by atoms with van der Waals surface area (Å²) in [4.78, 5) is 13.9. The topological polar surface area (TPSA) is 88.2 Å². The second-order valence-corrected chi connectivity index (χ2v) is 5.51. The number of carbonyl (C=O) groups excluding carboxylic acids is 1. The van der Waals surface area contributed by atoms with Gasteiger partial charge >= 0.3 is 6.03 Å². The Morgan fingerprint density at radius 3 is 2.77 bits per heavy atom. The Hall–Kier alpha value is -2.35. The van der Waals surface area contributed by atoms with E-state index in [1.165, 1.54) is 0 Å². The van der Waals surface area contributed by atoms with Gasteiger partial charge in [0.15, 0.2) is 5.82 Å². The minimum atomic E-state index is -0.325. The van der Waals surface area contributed by atoms with Gasteiger partial charge < -0.3 is 9.73 Å². The van der Waals surface area contributed by atoms with Crippen molar-refractivity contribution in [2.45, 2.75) is 25.9 Å². The van der Waals surface area contributed by atoms with Gasteiger partial charge in [0.05, 0.1) is 18.5 Å². The first-order valence-corrected chi connectivity index (χ1v) is 7.14. The summed E-state index contributed by atoms with van der Waals surface area (Å²) in [5.41, 5.74) is 0. The Labute approximate surface area is 129 Å². The first-order valence-electron chi connectivity index (χ1n) is 7.14. The van der Waals surface area contributed by atoms with Gasteiger partial charge in [-0.3, -0.25) is 10.2 Å². The van der Waals surface area contributed by atoms with Crippen LogP contribution >= 0.6 is 0 Å². The van der Waals surface area contributed by atoms with Gasteiger partial charge in [-0.05, 0) is 40.1 Å². The molecular formula is C14H22N6O2. The van der Waals surface area contributed by atoms with Crippen molar-refractivity contribution >= 4 is 11.8 Å². The van der Waals surface area contributed by atoms with Gasteiger partial charge in [0.2, 0.25) is 0 Å². The molecule has 2 aromatic rings. The predicted molar refractivity (Wildman–Crippen MR) is 82.6 cm³/mol. The molecule has 1 atom stereocenters. The van der Waals surface area contributed by atoms with Crippen LogP contribution in [-0.4, -0.2) is 46.6 Å². The van der Waals surface area contributed by atoms with Crippen LogP contribution in [0.1, 0.15) is 31.7 Å². The zero-order valence-electron chi connectivity index (χ0n) is 13.3. The van der Waals surface area contributed by atoms with Crippen LogP contribution in [0.15, 0.2) is 29.0 Å². The Balaban J connectivity index is 1.88. The third kappa shape index (κ3) is 4.08. The molecule has 8 nitrogen and oxygen atoms in total. The van der Waals surface area contributed by atoms with Crippen LogP contribution in [0.2, 0.25) is 0 Å². The zero-order valence-corrected chi connectivity index (χ0v) is 13.3. The maximum absolute atomic E-state index is 11.9. The number of amides is 2. The van der Waals surface area contributed by atoms with Crippen molar-refractivity contribution in [3.05, 3.63) is 30.4 Å². The molecule has 2 amide bonds. The van der Waals surface area contributed by atoms with Gasteiger partial charge in [-0.15, -0.1) is 5.10 Å². The third-order valence-corrected chi connectivity index (χ3v) is 3.23. The van der Waals surface area contributed by atoms with Crippen molar-refractivity contribution in [2.75, 3.05) is 26.0 Å². The molecule has 22 heavy (non-hydrogen) atoms. The summed E-state index contributed by atoms with van der Waals surface area (Å²) >= 11 is 0. The Morgan fingerprint density at radius 2 is 2.23 bits per heavy atom. The molecule has 0 aromatic carbocycles. The van der Waals surface area contributed by atoms with Gasteiger partial charge in [0, 0.05) is 12.6 Å². The number of nitrogens with zero attached hydrogens (tertiary/aromatic N) is 4. The maximum atomic E-state index is 11.9. The zero-order chi connectivity index (χ0) is 16.1. The van der Waals surface area contributed by atoms with Crippen molar-refractivity contribution in [1.29, 1.82) is 0 Å². The van der Waals surface area contributed by atoms with Crippen molar-refractivity contribution < 1.29 is 9.21 Å². The molecule has 120 valence electrons. The molecule has 0 aliphatic rings. The second kappa shape index (κ2) is 7.08. The van der Waals surface area contributed by atoms with E-state index in [2.05, 4.69) is 20.9 Å². The fourth-order valence-corrected chi connectivity index (χ4v) is 1.95. The largest absolute Gasteiger partial charge is 0.468 e. The van der Waals surface area contributed by atoms with Crippen LogP contribution in [-0.2, 0) is 0 Å². The van der Waals surface area contributed by atoms with Crippen LogP contribution in [0.3, 0.4) is 0 Å². The van der Waals surface area contributed by atoms with Gasteiger partial charge in [-0.25, -0.2) is 9.48 Å². The second-order valence-electron chi connectivity index (χ2n) is 5.51. The minimum Gasteiger partial charge on any atom is -0.468 e. The number of rotatable bonds is 6. The maximum Gasteiger partial charge on any atom is 0.320 e. The summed E-state index contributed by atoms with van der Waals surface area (Å²) in [6.45, 7) is 4.40. The van der Waals surface area contributed by atoms with E-state index in [9.17, 15) is 4.79 Å². The number of aromatic nitrogens is 3. The highest BCUT2D eigenvalue weighted by Gasteiger charge is 2.18. The lowest BCUT2D eigenvalue weighted by Crippen LogP contribution is -2.36. The first-order chi connectivity index (χ1) is 10.5. The quantitative estimate of drug-likeness (QED) is 0.850. The number of likely N-dealkylation sites (N-methyl/N-ethyl adjacent to an activating group) is 1. The van der Waals surface area contributed by atoms with E-state index in [4.69, 9.17) is 4.42 Å². The number of anilines is 1. The molecule has 2 rings (SSSR count). The summed E-state index contributed by atoms with van der Waals surface area (Å²) in [7, 11) is 3.86. The van der Waals surface area contributed by atoms with E-state index < -0.39 is 0 Å². The van der Waals surface area contributed by atoms with Crippen LogP contribution < -0.4 is 10.6 Å². The average molecular weight is 306 g/mol. The molecule has 0 fully saturated rings. The minimum absolute atomic E-state index is 0.0351. The summed E-state index contributed by atoms with van der Waals surface area (Å²) in [5.74, 6) is 1.22. The standard InChI is InChI=1S/C14H22N6O2/c1-10(2)20-9-13(17-18-20)16-14(21)15-8-11(19(3)4)12-6-5-7-22-12/h5-7,9-11H,8H2,1-4H3,(H2,15,16,21)/t11-/m0/s1. The molecule has 0 aliphatic heterocycles. The molecule has 2 N–H and O–H groups in total. The molecule has 2 aromatic heterocycles. The number of hydrogen-bond donors (Lipinski definition) is 2. The highest BCUT2D eigenvalue weighted by Crippen LogP contribution is 2.17. The van der Waals surface area contributed by atoms with Gasteiger partial charge in [0.1, 0.15) is 5.76 Å². The number of furan rings is 1. The molecule has 2 heterocycles. The summed E-state index contributed by atoms with van der Waals surface area (Å²) in [5, 5.41) is 13.3. The number of nitrogens with one attached hydrogen (secondary N) is 2. The molecule has 0 radical (unpaired) electrons. The van der Waals surface area contributed by atoms with E-state index in [-0.39, 0.29) is 18.1 Å². The lowest BCUT2D eigenvalue weighted by atomic mass is 10.2. The van der Waals surface area contributed by atoms with Crippen molar-refractivity contribution in [3.8, 4) is 0 Å². The summed E-state index contributed by atoms with van der Waals surface area (Å²) in [6.07, 6.45) is 3.32. The van der Waals surface area contributed by atoms with Gasteiger partial charge in [-0.1, -0.05) is 5.21 Å². The van der Waals surface area contributed by atoms with Crippen molar-refractivity contribution in [2.24, 2.45) is 0 Å². The molecule has 0 unspecified atom stereocenters. The fourth-order valence-electron chi connectivity index (χ4n) is 1.95. The number of hydrogen-bond acceptors (Lipinski definition) is 5. The first kappa shape index (κ1) is 16.0. The molecule has 0 saturated heterocycles. The Bertz CT molecular complexity index is 590. The van der Waals surface area contributed by atoms with E-state index in [1.54, 1.807) is 17.1 Å². The van der Waals surface area contributed by atoms with E-state index in [0.29, 0.717) is 12.4 Å². The highest BCUT2D eigenvalue weighted by molar-refractivity contribution is 5.87. The van der Waals surface area contributed by atoms with Crippen LogP contribution in [0.4, 0.5) is 10.6 Å². The Morgan fingerprint density at radius 1 is 1.45 bits per heavy atom. The molecule has 0 aliphatic carbocycles. The van der Waals surface area contributed by atoms with Crippen molar-refractivity contribution in [3.63, 3.8) is 0 Å². The monoisotopic (exact) mass is 306 g/mol. The number of carbonyl (C=O) groups is 1. The van der Waals surface area contributed by atoms with E-state index >= 15 is 0 Å². The fraction of sp³-hybridized carbons (Fsp3) is 0.500. The summed E-state index contributed by atoms with van der Waals surface area (Å²) in [6, 6.07) is 3.55. The molecule has 0 bridgehead atoms.